The van der Waals surface area contributed by atoms with Gasteiger partial charge in [-0.05, 0) is 18.6 Å². The lowest BCUT2D eigenvalue weighted by atomic mass is 10.1. The van der Waals surface area contributed by atoms with Crippen LogP contribution in [-0.2, 0) is 6.54 Å². The molecule has 1 aromatic rings. The summed E-state index contributed by atoms with van der Waals surface area (Å²) in [6.45, 7) is 6.68. The molecule has 1 atom stereocenters. The molecule has 2 nitrogen and oxygen atoms in total. The highest BCUT2D eigenvalue weighted by atomic mass is 79.9. The number of nitrogens with zero attached hydrogens (tertiary/aromatic N) is 1. The molecule has 0 amide bonds. The van der Waals surface area contributed by atoms with E-state index in [1.165, 1.54) is 10.0 Å². The zero-order valence-corrected chi connectivity index (χ0v) is 10.6. The van der Waals surface area contributed by atoms with Gasteiger partial charge in [0.15, 0.2) is 0 Å². The van der Waals surface area contributed by atoms with Crippen molar-refractivity contribution in [1.82, 2.24) is 10.2 Å². The molecule has 1 aromatic carbocycles. The van der Waals surface area contributed by atoms with Crippen molar-refractivity contribution >= 4 is 15.9 Å². The normalized spacial score (nSPS) is 22.9. The summed E-state index contributed by atoms with van der Waals surface area (Å²) in [7, 11) is 0. The van der Waals surface area contributed by atoms with Crippen LogP contribution in [0.5, 0.6) is 0 Å². The number of hydrogen-bond donors (Lipinski definition) is 1. The van der Waals surface area contributed by atoms with Crippen LogP contribution < -0.4 is 5.32 Å². The molecule has 0 saturated carbocycles. The summed E-state index contributed by atoms with van der Waals surface area (Å²) >= 11 is 3.60. The number of rotatable bonds is 2. The predicted molar refractivity (Wildman–Crippen MR) is 66.9 cm³/mol. The molecule has 15 heavy (non-hydrogen) atoms. The number of nitrogens with one attached hydrogen (secondary N) is 1. The van der Waals surface area contributed by atoms with Crippen molar-refractivity contribution in [3.05, 3.63) is 34.3 Å². The number of halogens is 1. The van der Waals surface area contributed by atoms with Crippen molar-refractivity contribution < 1.29 is 0 Å². The standard InChI is InChI=1S/C12H17BrN2/c1-10-8-14-6-7-15(10)9-11-4-2-3-5-12(11)13/h2-5,10,14H,6-9H2,1H3/t10-/m1/s1. The molecular weight excluding hydrogens is 252 g/mol. The fourth-order valence-electron chi connectivity index (χ4n) is 1.96. The second kappa shape index (κ2) is 5.10. The van der Waals surface area contributed by atoms with Crippen LogP contribution in [0.15, 0.2) is 28.7 Å². The first-order valence-corrected chi connectivity index (χ1v) is 6.25. The fourth-order valence-corrected chi connectivity index (χ4v) is 2.37. The highest BCUT2D eigenvalue weighted by Crippen LogP contribution is 2.19. The maximum atomic E-state index is 3.60. The first kappa shape index (κ1) is 11.1. The van der Waals surface area contributed by atoms with Crippen LogP contribution >= 0.6 is 15.9 Å². The molecule has 1 N–H and O–H groups in total. The van der Waals surface area contributed by atoms with Gasteiger partial charge < -0.3 is 5.32 Å². The van der Waals surface area contributed by atoms with Gasteiger partial charge >= 0.3 is 0 Å². The molecule has 1 fully saturated rings. The molecule has 0 bridgehead atoms. The Bertz CT molecular complexity index is 327. The van der Waals surface area contributed by atoms with Gasteiger partial charge in [-0.2, -0.15) is 0 Å². The second-order valence-corrected chi connectivity index (χ2v) is 4.97. The first-order valence-electron chi connectivity index (χ1n) is 5.45. The summed E-state index contributed by atoms with van der Waals surface area (Å²) in [4.78, 5) is 2.52. The minimum Gasteiger partial charge on any atom is -0.314 e. The van der Waals surface area contributed by atoms with Gasteiger partial charge in [0.05, 0.1) is 0 Å². The van der Waals surface area contributed by atoms with Crippen LogP contribution in [0.3, 0.4) is 0 Å². The lowest BCUT2D eigenvalue weighted by molar-refractivity contribution is 0.165. The predicted octanol–water partition coefficient (Wildman–Crippen LogP) is 2.24. The SMILES string of the molecule is C[C@@H]1CNCCN1Cc1ccccc1Br. The van der Waals surface area contributed by atoms with Crippen LogP contribution in [0.4, 0.5) is 0 Å². The van der Waals surface area contributed by atoms with E-state index in [1.54, 1.807) is 0 Å². The largest absolute Gasteiger partial charge is 0.314 e. The van der Waals surface area contributed by atoms with Crippen LogP contribution in [0.2, 0.25) is 0 Å². The van der Waals surface area contributed by atoms with Gasteiger partial charge in [0.2, 0.25) is 0 Å². The molecule has 82 valence electrons. The molecule has 3 heteroatoms. The number of benzene rings is 1. The third-order valence-corrected chi connectivity index (χ3v) is 3.74. The average Bonchev–Trinajstić information content (AvgIpc) is 2.24. The first-order chi connectivity index (χ1) is 7.27. The maximum absolute atomic E-state index is 3.60. The molecule has 2 rings (SSSR count). The van der Waals surface area contributed by atoms with E-state index in [4.69, 9.17) is 0 Å². The van der Waals surface area contributed by atoms with Gasteiger partial charge in [0.25, 0.3) is 0 Å². The third-order valence-electron chi connectivity index (χ3n) is 2.97. The minimum absolute atomic E-state index is 0.630. The minimum atomic E-state index is 0.630. The quantitative estimate of drug-likeness (QED) is 0.885. The van der Waals surface area contributed by atoms with E-state index in [1.807, 2.05) is 0 Å². The zero-order valence-electron chi connectivity index (χ0n) is 9.04. The molecule has 1 saturated heterocycles. The van der Waals surface area contributed by atoms with E-state index in [2.05, 4.69) is 57.3 Å². The summed E-state index contributed by atoms with van der Waals surface area (Å²) < 4.78 is 1.22. The van der Waals surface area contributed by atoms with Crippen molar-refractivity contribution in [2.24, 2.45) is 0 Å². The Balaban J connectivity index is 2.04. The highest BCUT2D eigenvalue weighted by molar-refractivity contribution is 9.10. The second-order valence-electron chi connectivity index (χ2n) is 4.12. The molecule has 1 aliphatic heterocycles. The Labute approximate surface area is 99.8 Å². The van der Waals surface area contributed by atoms with E-state index in [-0.39, 0.29) is 0 Å². The van der Waals surface area contributed by atoms with E-state index < -0.39 is 0 Å². The molecule has 0 aromatic heterocycles. The summed E-state index contributed by atoms with van der Waals surface area (Å²) in [6, 6.07) is 9.11. The zero-order chi connectivity index (χ0) is 10.7. The summed E-state index contributed by atoms with van der Waals surface area (Å²) in [5, 5.41) is 3.41. The average molecular weight is 269 g/mol. The van der Waals surface area contributed by atoms with Crippen LogP contribution in [0.1, 0.15) is 12.5 Å². The fraction of sp³-hybridized carbons (Fsp3) is 0.500. The van der Waals surface area contributed by atoms with Crippen molar-refractivity contribution in [3.63, 3.8) is 0 Å². The molecule has 1 aliphatic rings. The molecule has 0 radical (unpaired) electrons. The van der Waals surface area contributed by atoms with Crippen molar-refractivity contribution in [2.75, 3.05) is 19.6 Å². The van der Waals surface area contributed by atoms with Crippen molar-refractivity contribution in [3.8, 4) is 0 Å². The summed E-state index contributed by atoms with van der Waals surface area (Å²) in [6.07, 6.45) is 0. The van der Waals surface area contributed by atoms with E-state index in [0.29, 0.717) is 6.04 Å². The third kappa shape index (κ3) is 2.80. The topological polar surface area (TPSA) is 15.3 Å². The van der Waals surface area contributed by atoms with Gasteiger partial charge in [0, 0.05) is 36.7 Å². The van der Waals surface area contributed by atoms with Crippen LogP contribution in [-0.4, -0.2) is 30.6 Å². The Kier molecular flexibility index (Phi) is 3.78. The molecule has 0 unspecified atom stereocenters. The lowest BCUT2D eigenvalue weighted by Gasteiger charge is -2.34. The molecule has 0 spiro atoms. The Morgan fingerprint density at radius 3 is 3.00 bits per heavy atom. The number of piperazine rings is 1. The molecular formula is C12H17BrN2. The smallest absolute Gasteiger partial charge is 0.0248 e. The number of hydrogen-bond acceptors (Lipinski definition) is 2. The Morgan fingerprint density at radius 1 is 1.47 bits per heavy atom. The highest BCUT2D eigenvalue weighted by Gasteiger charge is 2.18. The summed E-state index contributed by atoms with van der Waals surface area (Å²) in [5.74, 6) is 0. The van der Waals surface area contributed by atoms with Gasteiger partial charge in [-0.1, -0.05) is 34.1 Å². The molecule has 1 heterocycles. The van der Waals surface area contributed by atoms with Gasteiger partial charge in [-0.15, -0.1) is 0 Å². The van der Waals surface area contributed by atoms with Crippen molar-refractivity contribution in [1.29, 1.82) is 0 Å². The van der Waals surface area contributed by atoms with Crippen LogP contribution in [0.25, 0.3) is 0 Å². The summed E-state index contributed by atoms with van der Waals surface area (Å²) in [5.41, 5.74) is 1.38. The van der Waals surface area contributed by atoms with Crippen LogP contribution in [0, 0.1) is 0 Å². The van der Waals surface area contributed by atoms with E-state index >= 15 is 0 Å². The Morgan fingerprint density at radius 2 is 2.27 bits per heavy atom. The maximum Gasteiger partial charge on any atom is 0.0248 e. The van der Waals surface area contributed by atoms with Gasteiger partial charge in [-0.25, -0.2) is 0 Å². The molecule has 0 aliphatic carbocycles. The van der Waals surface area contributed by atoms with Crippen molar-refractivity contribution in [2.45, 2.75) is 19.5 Å². The monoisotopic (exact) mass is 268 g/mol. The van der Waals surface area contributed by atoms with Gasteiger partial charge in [-0.3, -0.25) is 4.90 Å². The van der Waals surface area contributed by atoms with E-state index in [0.717, 1.165) is 26.2 Å². The van der Waals surface area contributed by atoms with E-state index in [9.17, 15) is 0 Å². The Hall–Kier alpha value is -0.380. The lowest BCUT2D eigenvalue weighted by Crippen LogP contribution is -2.49. The van der Waals surface area contributed by atoms with Gasteiger partial charge in [0.1, 0.15) is 0 Å².